The number of hydrogen-bond acceptors (Lipinski definition) is 4. The van der Waals surface area contributed by atoms with Crippen LogP contribution in [0.2, 0.25) is 0 Å². The van der Waals surface area contributed by atoms with Gasteiger partial charge in [-0.2, -0.15) is 0 Å². The Morgan fingerprint density at radius 2 is 2.04 bits per heavy atom. The van der Waals surface area contributed by atoms with Gasteiger partial charge in [-0.05, 0) is 37.6 Å². The summed E-state index contributed by atoms with van der Waals surface area (Å²) in [6.45, 7) is 16.7. The summed E-state index contributed by atoms with van der Waals surface area (Å²) >= 11 is 0. The zero-order valence-corrected chi connectivity index (χ0v) is 15.2. The minimum absolute atomic E-state index is 0.0705. The van der Waals surface area contributed by atoms with Gasteiger partial charge in [0.2, 0.25) is 0 Å². The SMILES string of the molecule is C=CN=C(C=C(C)C)NC1=CC2=C(C(=C)N(CCO)C=C2)C(=C)N1C. The van der Waals surface area contributed by atoms with Gasteiger partial charge in [0.1, 0.15) is 11.7 Å². The van der Waals surface area contributed by atoms with E-state index in [0.29, 0.717) is 12.4 Å². The molecule has 0 aromatic rings. The van der Waals surface area contributed by atoms with E-state index >= 15 is 0 Å². The molecule has 0 spiro atoms. The van der Waals surface area contributed by atoms with Gasteiger partial charge in [-0.3, -0.25) is 0 Å². The van der Waals surface area contributed by atoms with E-state index in [4.69, 9.17) is 0 Å². The first kappa shape index (κ1) is 18.5. The van der Waals surface area contributed by atoms with Crippen LogP contribution in [0.4, 0.5) is 0 Å². The second kappa shape index (κ2) is 7.85. The molecule has 25 heavy (non-hydrogen) atoms. The maximum atomic E-state index is 9.20. The molecule has 0 unspecified atom stereocenters. The van der Waals surface area contributed by atoms with Gasteiger partial charge in [-0.1, -0.05) is 25.3 Å². The number of rotatable bonds is 5. The van der Waals surface area contributed by atoms with Gasteiger partial charge in [0, 0.05) is 43.0 Å². The molecular weight excluding hydrogens is 312 g/mol. The highest BCUT2D eigenvalue weighted by atomic mass is 16.3. The van der Waals surface area contributed by atoms with Crippen molar-refractivity contribution in [3.05, 3.63) is 84.3 Å². The minimum Gasteiger partial charge on any atom is -0.395 e. The molecule has 2 rings (SSSR count). The fraction of sp³-hybridized carbons (Fsp3) is 0.250. The van der Waals surface area contributed by atoms with Crippen molar-refractivity contribution in [3.8, 4) is 0 Å². The summed E-state index contributed by atoms with van der Waals surface area (Å²) in [5.41, 5.74) is 4.82. The molecule has 2 heterocycles. The molecule has 132 valence electrons. The summed E-state index contributed by atoms with van der Waals surface area (Å²) in [5.74, 6) is 1.58. The molecule has 0 aromatic carbocycles. The standard InChI is InChI=1S/C20H26N4O/c1-7-21-18(12-14(2)3)22-19-13-17-8-9-24(10-11-25)16(5)20(17)15(4)23(19)6/h7-9,12-13,25H,1,4-5,10-11H2,2-3,6H3,(H,21,22). The molecular formula is C20H26N4O. The largest absolute Gasteiger partial charge is 0.395 e. The second-order valence-electron chi connectivity index (χ2n) is 6.09. The van der Waals surface area contributed by atoms with Gasteiger partial charge in [0.15, 0.2) is 0 Å². The average molecular weight is 338 g/mol. The molecule has 2 aliphatic rings. The number of nitrogens with zero attached hydrogens (tertiary/aromatic N) is 3. The lowest BCUT2D eigenvalue weighted by Crippen LogP contribution is -2.36. The molecule has 0 radical (unpaired) electrons. The lowest BCUT2D eigenvalue weighted by Gasteiger charge is -2.37. The van der Waals surface area contributed by atoms with E-state index < -0.39 is 0 Å². The molecule has 2 N–H and O–H groups in total. The Balaban J connectivity index is 2.37. The molecule has 0 fully saturated rings. The van der Waals surface area contributed by atoms with Crippen molar-refractivity contribution in [3.63, 3.8) is 0 Å². The molecule has 0 bridgehead atoms. The Morgan fingerprint density at radius 3 is 2.64 bits per heavy atom. The maximum absolute atomic E-state index is 9.20. The van der Waals surface area contributed by atoms with Crippen molar-refractivity contribution in [2.45, 2.75) is 13.8 Å². The topological polar surface area (TPSA) is 51.1 Å². The van der Waals surface area contributed by atoms with E-state index in [2.05, 4.69) is 30.0 Å². The summed E-state index contributed by atoms with van der Waals surface area (Å²) < 4.78 is 0. The van der Waals surface area contributed by atoms with E-state index in [1.165, 1.54) is 6.20 Å². The van der Waals surface area contributed by atoms with Crippen molar-refractivity contribution in [1.82, 2.24) is 15.1 Å². The van der Waals surface area contributed by atoms with Crippen LogP contribution in [0, 0.1) is 0 Å². The Labute approximate surface area is 150 Å². The third-order valence-corrected chi connectivity index (χ3v) is 3.96. The van der Waals surface area contributed by atoms with Crippen LogP contribution in [0.5, 0.6) is 0 Å². The first-order valence-electron chi connectivity index (χ1n) is 8.13. The van der Waals surface area contributed by atoms with Crippen LogP contribution in [0.15, 0.2) is 89.3 Å². The number of β-amino-alcohol motifs (C(OH)–C–C–N with tert-alkyl or cyclic N) is 1. The molecule has 0 saturated heterocycles. The number of allylic oxidation sites excluding steroid dienone is 4. The van der Waals surface area contributed by atoms with E-state index in [0.717, 1.165) is 33.9 Å². The Hall–Kier alpha value is -2.79. The Kier molecular flexibility index (Phi) is 5.83. The zero-order valence-electron chi connectivity index (χ0n) is 15.2. The summed E-state index contributed by atoms with van der Waals surface area (Å²) in [4.78, 5) is 8.18. The van der Waals surface area contributed by atoms with Crippen molar-refractivity contribution >= 4 is 5.84 Å². The monoisotopic (exact) mass is 338 g/mol. The lowest BCUT2D eigenvalue weighted by molar-refractivity contribution is 0.257. The summed E-state index contributed by atoms with van der Waals surface area (Å²) in [6, 6.07) is 0. The second-order valence-corrected chi connectivity index (χ2v) is 6.09. The number of aliphatic hydroxyl groups excluding tert-OH is 1. The zero-order chi connectivity index (χ0) is 18.6. The number of likely N-dealkylation sites (N-methyl/N-ethyl adjacent to an activating group) is 1. The number of amidine groups is 1. The van der Waals surface area contributed by atoms with Crippen molar-refractivity contribution in [2.24, 2.45) is 4.99 Å². The molecule has 0 atom stereocenters. The predicted molar refractivity (Wildman–Crippen MR) is 104 cm³/mol. The highest BCUT2D eigenvalue weighted by molar-refractivity contribution is 5.95. The first-order valence-corrected chi connectivity index (χ1v) is 8.13. The highest BCUT2D eigenvalue weighted by Crippen LogP contribution is 2.35. The summed E-state index contributed by atoms with van der Waals surface area (Å²) in [6.07, 6.45) is 9.45. The van der Waals surface area contributed by atoms with Crippen LogP contribution < -0.4 is 5.32 Å². The first-order chi connectivity index (χ1) is 11.9. The number of nitrogens with one attached hydrogen (secondary N) is 1. The van der Waals surface area contributed by atoms with Crippen LogP contribution in [0.1, 0.15) is 13.8 Å². The van der Waals surface area contributed by atoms with Gasteiger partial charge in [0.05, 0.1) is 6.61 Å². The van der Waals surface area contributed by atoms with Gasteiger partial charge >= 0.3 is 0 Å². The highest BCUT2D eigenvalue weighted by Gasteiger charge is 2.27. The van der Waals surface area contributed by atoms with Gasteiger partial charge in [0.25, 0.3) is 0 Å². The molecule has 5 nitrogen and oxygen atoms in total. The van der Waals surface area contributed by atoms with Gasteiger partial charge in [-0.15, -0.1) is 0 Å². The molecule has 0 aliphatic carbocycles. The quantitative estimate of drug-likeness (QED) is 0.598. The lowest BCUT2D eigenvalue weighted by atomic mass is 9.95. The van der Waals surface area contributed by atoms with E-state index in [1.807, 2.05) is 55.1 Å². The Bertz CT molecular complexity index is 746. The van der Waals surface area contributed by atoms with Crippen LogP contribution in [0.3, 0.4) is 0 Å². The third-order valence-electron chi connectivity index (χ3n) is 3.96. The fourth-order valence-electron chi connectivity index (χ4n) is 2.71. The van der Waals surface area contributed by atoms with Crippen molar-refractivity contribution in [1.29, 1.82) is 0 Å². The smallest absolute Gasteiger partial charge is 0.131 e. The van der Waals surface area contributed by atoms with Crippen LogP contribution in [-0.2, 0) is 0 Å². The van der Waals surface area contributed by atoms with E-state index in [1.54, 1.807) is 0 Å². The van der Waals surface area contributed by atoms with E-state index in [9.17, 15) is 5.11 Å². The van der Waals surface area contributed by atoms with Crippen LogP contribution in [-0.4, -0.2) is 40.9 Å². The normalized spacial score (nSPS) is 17.4. The molecule has 0 saturated carbocycles. The predicted octanol–water partition coefficient (Wildman–Crippen LogP) is 3.02. The van der Waals surface area contributed by atoms with Gasteiger partial charge in [-0.25, -0.2) is 4.99 Å². The number of hydrogen-bond donors (Lipinski definition) is 2. The molecule has 2 aliphatic heterocycles. The average Bonchev–Trinajstić information content (AvgIpc) is 2.54. The third kappa shape index (κ3) is 4.00. The molecule has 0 aromatic heterocycles. The van der Waals surface area contributed by atoms with Gasteiger partial charge < -0.3 is 20.2 Å². The summed E-state index contributed by atoms with van der Waals surface area (Å²) in [7, 11) is 1.95. The van der Waals surface area contributed by atoms with Crippen LogP contribution >= 0.6 is 0 Å². The molecule has 0 amide bonds. The summed E-state index contributed by atoms with van der Waals surface area (Å²) in [5, 5.41) is 12.5. The Morgan fingerprint density at radius 1 is 1.32 bits per heavy atom. The molecule has 5 heteroatoms. The van der Waals surface area contributed by atoms with Crippen molar-refractivity contribution < 1.29 is 5.11 Å². The van der Waals surface area contributed by atoms with E-state index in [-0.39, 0.29) is 6.61 Å². The number of aliphatic imine (C=N–C) groups is 1. The van der Waals surface area contributed by atoms with Crippen molar-refractivity contribution in [2.75, 3.05) is 20.2 Å². The van der Waals surface area contributed by atoms with Crippen LogP contribution in [0.25, 0.3) is 0 Å². The minimum atomic E-state index is 0.0705. The number of aliphatic hydroxyl groups is 1. The maximum Gasteiger partial charge on any atom is 0.131 e. The fourth-order valence-corrected chi connectivity index (χ4v) is 2.71.